The molecule has 0 amide bonds. The molecule has 11 heteroatoms. The third-order valence-corrected chi connectivity index (χ3v) is 6.87. The fourth-order valence-electron chi connectivity index (χ4n) is 4.83. The van der Waals surface area contributed by atoms with Gasteiger partial charge in [0, 0.05) is 28.4 Å². The zero-order valence-electron chi connectivity index (χ0n) is 22.3. The fourth-order valence-corrected chi connectivity index (χ4v) is 4.83. The first-order chi connectivity index (χ1) is 19.0. The quantitative estimate of drug-likeness (QED) is 0.175. The molecule has 3 aromatic heterocycles. The second-order valence-corrected chi connectivity index (χ2v) is 9.40. The van der Waals surface area contributed by atoms with Crippen LogP contribution in [-0.4, -0.2) is 60.7 Å². The second-order valence-electron chi connectivity index (χ2n) is 9.40. The van der Waals surface area contributed by atoms with Gasteiger partial charge in [-0.3, -0.25) is 0 Å². The highest BCUT2D eigenvalue weighted by atomic mass is 16.5. The first-order valence-electron chi connectivity index (χ1n) is 13.1. The number of hydrogen-bond acceptors (Lipinski definition) is 8. The highest BCUT2D eigenvalue weighted by molar-refractivity contribution is 6.09. The van der Waals surface area contributed by atoms with Crippen molar-refractivity contribution in [2.75, 3.05) is 14.2 Å². The van der Waals surface area contributed by atoms with Crippen molar-refractivity contribution in [1.29, 1.82) is 0 Å². The molecule has 5 aromatic rings. The van der Waals surface area contributed by atoms with E-state index in [0.717, 1.165) is 46.1 Å². The Morgan fingerprint density at radius 3 is 1.69 bits per heavy atom. The van der Waals surface area contributed by atoms with E-state index in [0.29, 0.717) is 0 Å². The van der Waals surface area contributed by atoms with Gasteiger partial charge in [0.1, 0.15) is 0 Å². The monoisotopic (exact) mass is 529 g/mol. The van der Waals surface area contributed by atoms with Crippen molar-refractivity contribution in [2.24, 2.45) is 0 Å². The van der Waals surface area contributed by atoms with Gasteiger partial charge in [0.25, 0.3) is 0 Å². The molecule has 202 valence electrons. The molecule has 0 saturated carbocycles. The summed E-state index contributed by atoms with van der Waals surface area (Å²) >= 11 is 0. The first kappa shape index (κ1) is 26.1. The number of nitrogens with zero attached hydrogens (tertiary/aromatic N) is 7. The number of benzene rings is 2. The smallest absolute Gasteiger partial charge is 0.360 e. The van der Waals surface area contributed by atoms with Gasteiger partial charge >= 0.3 is 11.9 Å². The minimum atomic E-state index is -0.540. The lowest BCUT2D eigenvalue weighted by Crippen LogP contribution is -2.01. The molecule has 0 saturated heterocycles. The molecular formula is C28H31N7O4. The Morgan fingerprint density at radius 1 is 0.718 bits per heavy atom. The molecule has 0 atom stereocenters. The van der Waals surface area contributed by atoms with Gasteiger partial charge in [-0.2, -0.15) is 0 Å². The summed E-state index contributed by atoms with van der Waals surface area (Å²) in [5.74, 6) is -1.08. The molecule has 0 spiro atoms. The Bertz CT molecular complexity index is 1520. The predicted octanol–water partition coefficient (Wildman–Crippen LogP) is 4.89. The molecule has 5 rings (SSSR count). The van der Waals surface area contributed by atoms with Crippen molar-refractivity contribution in [3.63, 3.8) is 0 Å². The molecular weight excluding hydrogens is 498 g/mol. The van der Waals surface area contributed by atoms with Gasteiger partial charge in [0.15, 0.2) is 11.4 Å². The van der Waals surface area contributed by atoms with Crippen molar-refractivity contribution in [3.8, 4) is 11.4 Å². The molecule has 3 heterocycles. The standard InChI is InChI=1S/C28H31N7O4/c1-4-5-6-7-8-9-14-33-25-12-10-19(34-17-23(29-31-34)27(36)38-2)15-21(25)22-16-20(11-13-26(22)33)35-18-24(30-32-35)28(37)39-3/h10-13,15-18H,4-9,14H2,1-3H3. The summed E-state index contributed by atoms with van der Waals surface area (Å²) < 4.78 is 15.0. The number of rotatable bonds is 11. The van der Waals surface area contributed by atoms with Crippen molar-refractivity contribution in [3.05, 3.63) is 60.2 Å². The minimum absolute atomic E-state index is 0.137. The van der Waals surface area contributed by atoms with E-state index in [1.165, 1.54) is 46.3 Å². The topological polar surface area (TPSA) is 119 Å². The lowest BCUT2D eigenvalue weighted by atomic mass is 10.1. The van der Waals surface area contributed by atoms with Crippen molar-refractivity contribution >= 4 is 33.7 Å². The van der Waals surface area contributed by atoms with E-state index in [1.807, 2.05) is 24.3 Å². The maximum Gasteiger partial charge on any atom is 0.360 e. The molecule has 0 aliphatic carbocycles. The number of carbonyl (C=O) groups is 2. The maximum absolute atomic E-state index is 11.9. The summed E-state index contributed by atoms with van der Waals surface area (Å²) in [6.07, 6.45) is 10.4. The van der Waals surface area contributed by atoms with Gasteiger partial charge in [-0.05, 0) is 42.8 Å². The van der Waals surface area contributed by atoms with E-state index >= 15 is 0 Å². The molecule has 0 N–H and O–H groups in total. The molecule has 39 heavy (non-hydrogen) atoms. The Labute approximate surface area is 225 Å². The molecule has 0 aliphatic heterocycles. The van der Waals surface area contributed by atoms with Crippen LogP contribution in [0.4, 0.5) is 0 Å². The van der Waals surface area contributed by atoms with Gasteiger partial charge in [-0.15, -0.1) is 10.2 Å². The summed E-state index contributed by atoms with van der Waals surface area (Å²) in [6, 6.07) is 12.2. The number of aryl methyl sites for hydroxylation is 1. The average molecular weight is 530 g/mol. The van der Waals surface area contributed by atoms with E-state index in [4.69, 9.17) is 9.47 Å². The normalized spacial score (nSPS) is 11.4. The van der Waals surface area contributed by atoms with Gasteiger partial charge in [-0.25, -0.2) is 19.0 Å². The van der Waals surface area contributed by atoms with Crippen molar-refractivity contribution < 1.29 is 19.1 Å². The SMILES string of the molecule is CCCCCCCCn1c2ccc(-n3cc(C(=O)OC)nn3)cc2c2cc(-n3cc(C(=O)OC)nn3)ccc21. The zero-order chi connectivity index (χ0) is 27.4. The summed E-state index contributed by atoms with van der Waals surface area (Å²) in [4.78, 5) is 23.8. The van der Waals surface area contributed by atoms with Crippen LogP contribution in [0.25, 0.3) is 33.2 Å². The van der Waals surface area contributed by atoms with Crippen LogP contribution in [0, 0.1) is 0 Å². The number of fused-ring (bicyclic) bond motifs is 3. The van der Waals surface area contributed by atoms with Gasteiger partial charge in [0.2, 0.25) is 0 Å². The van der Waals surface area contributed by atoms with Crippen LogP contribution in [0.1, 0.15) is 66.4 Å². The lowest BCUT2D eigenvalue weighted by molar-refractivity contribution is 0.0585. The fraction of sp³-hybridized carbons (Fsp3) is 0.357. The number of esters is 2. The molecule has 0 fully saturated rings. The highest BCUT2D eigenvalue weighted by Gasteiger charge is 2.17. The molecule has 2 aromatic carbocycles. The van der Waals surface area contributed by atoms with Gasteiger partial charge in [0.05, 0.1) is 38.0 Å². The molecule has 0 unspecified atom stereocenters. The number of aromatic nitrogens is 7. The van der Waals surface area contributed by atoms with E-state index in [9.17, 15) is 9.59 Å². The third-order valence-electron chi connectivity index (χ3n) is 6.87. The summed E-state index contributed by atoms with van der Waals surface area (Å²) in [6.45, 7) is 3.13. The van der Waals surface area contributed by atoms with Crippen LogP contribution in [-0.2, 0) is 16.0 Å². The van der Waals surface area contributed by atoms with Crippen LogP contribution in [0.3, 0.4) is 0 Å². The summed E-state index contributed by atoms with van der Waals surface area (Å²) in [7, 11) is 2.62. The zero-order valence-corrected chi connectivity index (χ0v) is 22.3. The average Bonchev–Trinajstić information content (AvgIpc) is 3.72. The Morgan fingerprint density at radius 2 is 1.21 bits per heavy atom. The van der Waals surface area contributed by atoms with E-state index in [2.05, 4.69) is 44.2 Å². The first-order valence-corrected chi connectivity index (χ1v) is 13.1. The molecule has 0 radical (unpaired) electrons. The van der Waals surface area contributed by atoms with Crippen LogP contribution in [0.2, 0.25) is 0 Å². The van der Waals surface area contributed by atoms with Crippen LogP contribution >= 0.6 is 0 Å². The Hall–Kier alpha value is -4.54. The maximum atomic E-state index is 11.9. The number of methoxy groups -OCH3 is 2. The predicted molar refractivity (Wildman–Crippen MR) is 145 cm³/mol. The molecule has 11 nitrogen and oxygen atoms in total. The summed E-state index contributed by atoms with van der Waals surface area (Å²) in [5, 5.41) is 18.2. The lowest BCUT2D eigenvalue weighted by Gasteiger charge is -2.08. The molecule has 0 bridgehead atoms. The number of hydrogen-bond donors (Lipinski definition) is 0. The van der Waals surface area contributed by atoms with E-state index < -0.39 is 11.9 Å². The number of unbranched alkanes of at least 4 members (excludes halogenated alkanes) is 5. The van der Waals surface area contributed by atoms with Crippen LogP contribution in [0.15, 0.2) is 48.8 Å². The Balaban J connectivity index is 1.56. The van der Waals surface area contributed by atoms with Crippen molar-refractivity contribution in [2.45, 2.75) is 52.0 Å². The van der Waals surface area contributed by atoms with E-state index in [-0.39, 0.29) is 11.4 Å². The number of carbonyl (C=O) groups excluding carboxylic acids is 2. The van der Waals surface area contributed by atoms with Crippen LogP contribution < -0.4 is 0 Å². The van der Waals surface area contributed by atoms with Gasteiger partial charge < -0.3 is 14.0 Å². The van der Waals surface area contributed by atoms with Gasteiger partial charge in [-0.1, -0.05) is 49.5 Å². The second kappa shape index (κ2) is 11.5. The van der Waals surface area contributed by atoms with Crippen molar-refractivity contribution in [1.82, 2.24) is 34.6 Å². The summed E-state index contributed by atoms with van der Waals surface area (Å²) in [5.41, 5.74) is 4.00. The minimum Gasteiger partial charge on any atom is -0.464 e. The Kier molecular flexibility index (Phi) is 7.67. The highest BCUT2D eigenvalue weighted by Crippen LogP contribution is 2.32. The van der Waals surface area contributed by atoms with Crippen LogP contribution in [0.5, 0.6) is 0 Å². The third kappa shape index (κ3) is 5.25. The molecule has 0 aliphatic rings. The van der Waals surface area contributed by atoms with E-state index in [1.54, 1.807) is 21.8 Å². The number of ether oxygens (including phenoxy) is 2. The largest absolute Gasteiger partial charge is 0.464 e.